The number of hydrogen-bond acceptors (Lipinski definition) is 4. The third kappa shape index (κ3) is 2.28. The lowest BCUT2D eigenvalue weighted by molar-refractivity contribution is 0.0787. The van der Waals surface area contributed by atoms with Gasteiger partial charge in [-0.2, -0.15) is 0 Å². The van der Waals surface area contributed by atoms with E-state index in [0.29, 0.717) is 5.95 Å². The smallest absolute Gasteiger partial charge is 0.220 e. The summed E-state index contributed by atoms with van der Waals surface area (Å²) < 4.78 is 0. The fourth-order valence-electron chi connectivity index (χ4n) is 3.36. The number of H-pyrrole nitrogens is 1. The Bertz CT molecular complexity index is 905. The first-order valence-electron chi connectivity index (χ1n) is 7.93. The van der Waals surface area contributed by atoms with Crippen molar-refractivity contribution in [2.45, 2.75) is 38.7 Å². The van der Waals surface area contributed by atoms with Crippen LogP contribution in [0.3, 0.4) is 0 Å². The van der Waals surface area contributed by atoms with Crippen LogP contribution >= 0.6 is 0 Å². The van der Waals surface area contributed by atoms with Crippen molar-refractivity contribution in [2.75, 3.05) is 5.73 Å². The molecule has 0 saturated heterocycles. The lowest BCUT2D eigenvalue weighted by Crippen LogP contribution is -2.15. The van der Waals surface area contributed by atoms with Crippen LogP contribution in [0.15, 0.2) is 24.4 Å². The molecule has 0 fully saturated rings. The summed E-state index contributed by atoms with van der Waals surface area (Å²) >= 11 is 0. The minimum absolute atomic E-state index is 0.296. The van der Waals surface area contributed by atoms with E-state index in [2.05, 4.69) is 21.0 Å². The number of hydrogen-bond donors (Lipinski definition) is 3. The third-order valence-electron chi connectivity index (χ3n) is 4.58. The molecule has 3 aromatic rings. The Morgan fingerprint density at radius 3 is 2.87 bits per heavy atom. The minimum Gasteiger partial charge on any atom is -0.386 e. The molecule has 0 unspecified atom stereocenters. The van der Waals surface area contributed by atoms with Gasteiger partial charge < -0.3 is 15.8 Å². The fourth-order valence-corrected chi connectivity index (χ4v) is 3.36. The molecule has 4 N–H and O–H groups in total. The summed E-state index contributed by atoms with van der Waals surface area (Å²) in [6, 6.07) is 6.05. The molecule has 0 bridgehead atoms. The Morgan fingerprint density at radius 1 is 1.26 bits per heavy atom. The fraction of sp³-hybridized carbons (Fsp3) is 0.333. The first kappa shape index (κ1) is 14.2. The summed E-state index contributed by atoms with van der Waals surface area (Å²) in [4.78, 5) is 12.2. The monoisotopic (exact) mass is 308 g/mol. The predicted molar refractivity (Wildman–Crippen MR) is 91.0 cm³/mol. The molecule has 1 aliphatic carbocycles. The molecule has 0 atom stereocenters. The lowest BCUT2D eigenvalue weighted by Gasteiger charge is -2.18. The van der Waals surface area contributed by atoms with Gasteiger partial charge in [0, 0.05) is 28.4 Å². The zero-order chi connectivity index (χ0) is 16.2. The maximum absolute atomic E-state index is 10.3. The zero-order valence-electron chi connectivity index (χ0n) is 13.3. The van der Waals surface area contributed by atoms with Gasteiger partial charge in [0.25, 0.3) is 0 Å². The number of aryl methyl sites for hydroxylation is 2. The molecule has 0 amide bonds. The van der Waals surface area contributed by atoms with E-state index in [1.165, 1.54) is 5.69 Å². The van der Waals surface area contributed by atoms with Crippen LogP contribution in [-0.2, 0) is 18.4 Å². The van der Waals surface area contributed by atoms with E-state index in [-0.39, 0.29) is 0 Å². The molecule has 2 heterocycles. The van der Waals surface area contributed by atoms with E-state index in [4.69, 9.17) is 5.73 Å². The largest absolute Gasteiger partial charge is 0.386 e. The number of nitrogens with one attached hydrogen (secondary N) is 1. The molecule has 23 heavy (non-hydrogen) atoms. The predicted octanol–water partition coefficient (Wildman–Crippen LogP) is 2.92. The maximum Gasteiger partial charge on any atom is 0.220 e. The number of rotatable bonds is 1. The van der Waals surface area contributed by atoms with Gasteiger partial charge in [0.2, 0.25) is 5.95 Å². The minimum atomic E-state index is -0.878. The van der Waals surface area contributed by atoms with Crippen molar-refractivity contribution >= 4 is 16.9 Å². The molecule has 0 saturated carbocycles. The van der Waals surface area contributed by atoms with Gasteiger partial charge in [0.1, 0.15) is 0 Å². The van der Waals surface area contributed by atoms with Crippen molar-refractivity contribution in [3.8, 4) is 11.3 Å². The zero-order valence-corrected chi connectivity index (χ0v) is 13.3. The van der Waals surface area contributed by atoms with Crippen LogP contribution in [0, 0.1) is 0 Å². The number of nitrogens with two attached hydrogens (primary N) is 1. The highest BCUT2D eigenvalue weighted by atomic mass is 16.3. The number of aliphatic hydroxyl groups is 1. The second-order valence-corrected chi connectivity index (χ2v) is 6.75. The molecule has 4 rings (SSSR count). The summed E-state index contributed by atoms with van der Waals surface area (Å²) in [5, 5.41) is 11.4. The van der Waals surface area contributed by atoms with Crippen molar-refractivity contribution in [3.05, 3.63) is 41.2 Å². The van der Waals surface area contributed by atoms with E-state index < -0.39 is 5.60 Å². The van der Waals surface area contributed by atoms with Crippen LogP contribution in [0.4, 0.5) is 5.95 Å². The summed E-state index contributed by atoms with van der Waals surface area (Å²) in [6.45, 7) is 3.60. The standard InChI is InChI=1S/C18H20N4O/c1-18(2,23)11-6-7-13-12(8-11)15-14(21-13)5-3-4-10-9-20-17(19)22-16(10)15/h6-9,21,23H,3-5H2,1-2H3,(H2,19,20,22). The highest BCUT2D eigenvalue weighted by Gasteiger charge is 2.23. The van der Waals surface area contributed by atoms with E-state index >= 15 is 0 Å². The number of anilines is 1. The number of benzene rings is 1. The molecule has 0 aliphatic heterocycles. The normalized spacial score (nSPS) is 14.4. The number of aromatic amines is 1. The van der Waals surface area contributed by atoms with Crippen molar-refractivity contribution in [2.24, 2.45) is 0 Å². The summed E-state index contributed by atoms with van der Waals surface area (Å²) in [5.41, 5.74) is 11.2. The van der Waals surface area contributed by atoms with Crippen molar-refractivity contribution < 1.29 is 5.11 Å². The van der Waals surface area contributed by atoms with Crippen molar-refractivity contribution in [1.29, 1.82) is 0 Å². The van der Waals surface area contributed by atoms with E-state index in [1.807, 2.05) is 18.3 Å². The third-order valence-corrected chi connectivity index (χ3v) is 4.58. The van der Waals surface area contributed by atoms with Gasteiger partial charge in [0.15, 0.2) is 0 Å². The van der Waals surface area contributed by atoms with Crippen LogP contribution in [0.25, 0.3) is 22.2 Å². The molecule has 1 aromatic carbocycles. The van der Waals surface area contributed by atoms with E-state index in [0.717, 1.165) is 52.5 Å². The molecule has 5 nitrogen and oxygen atoms in total. The van der Waals surface area contributed by atoms with Gasteiger partial charge in [-0.05, 0) is 56.4 Å². The Labute approximate surface area is 134 Å². The van der Waals surface area contributed by atoms with Crippen LogP contribution in [0.2, 0.25) is 0 Å². The maximum atomic E-state index is 10.3. The number of nitrogen functional groups attached to an aromatic ring is 1. The van der Waals surface area contributed by atoms with Crippen molar-refractivity contribution in [3.63, 3.8) is 0 Å². The molecule has 118 valence electrons. The Kier molecular flexibility index (Phi) is 2.96. The van der Waals surface area contributed by atoms with E-state index in [9.17, 15) is 5.11 Å². The number of aromatic nitrogens is 3. The SMILES string of the molecule is CC(C)(O)c1ccc2[nH]c3c(c2c1)-c1nc(N)ncc1CCC3. The van der Waals surface area contributed by atoms with Crippen LogP contribution < -0.4 is 5.73 Å². The Hall–Kier alpha value is -2.40. The summed E-state index contributed by atoms with van der Waals surface area (Å²) in [7, 11) is 0. The van der Waals surface area contributed by atoms with Gasteiger partial charge in [-0.1, -0.05) is 6.07 Å². The lowest BCUT2D eigenvalue weighted by atomic mass is 9.95. The second-order valence-electron chi connectivity index (χ2n) is 6.75. The first-order valence-corrected chi connectivity index (χ1v) is 7.93. The van der Waals surface area contributed by atoms with Gasteiger partial charge in [-0.25, -0.2) is 9.97 Å². The quantitative estimate of drug-likeness (QED) is 0.645. The first-order chi connectivity index (χ1) is 10.9. The molecule has 0 spiro atoms. The second kappa shape index (κ2) is 4.80. The molecule has 0 radical (unpaired) electrons. The molecular weight excluding hydrogens is 288 g/mol. The molecule has 1 aliphatic rings. The van der Waals surface area contributed by atoms with Crippen molar-refractivity contribution in [1.82, 2.24) is 15.0 Å². The number of fused-ring (bicyclic) bond motifs is 5. The Morgan fingerprint density at radius 2 is 2.09 bits per heavy atom. The van der Waals surface area contributed by atoms with Crippen LogP contribution in [0.5, 0.6) is 0 Å². The molecule has 2 aromatic heterocycles. The van der Waals surface area contributed by atoms with E-state index in [1.54, 1.807) is 13.8 Å². The Balaban J connectivity index is 2.05. The molecular formula is C18H20N4O. The van der Waals surface area contributed by atoms with Crippen LogP contribution in [-0.4, -0.2) is 20.1 Å². The average Bonchev–Trinajstić information content (AvgIpc) is 2.75. The molecule has 5 heteroatoms. The number of nitrogens with zero attached hydrogens (tertiary/aromatic N) is 2. The van der Waals surface area contributed by atoms with Gasteiger partial charge in [-0.3, -0.25) is 0 Å². The van der Waals surface area contributed by atoms with Gasteiger partial charge in [0.05, 0.1) is 11.3 Å². The van der Waals surface area contributed by atoms with Crippen LogP contribution in [0.1, 0.15) is 37.1 Å². The van der Waals surface area contributed by atoms with Gasteiger partial charge >= 0.3 is 0 Å². The summed E-state index contributed by atoms with van der Waals surface area (Å²) in [5.74, 6) is 0.296. The highest BCUT2D eigenvalue weighted by molar-refractivity contribution is 5.98. The van der Waals surface area contributed by atoms with Gasteiger partial charge in [-0.15, -0.1) is 0 Å². The average molecular weight is 308 g/mol. The highest BCUT2D eigenvalue weighted by Crippen LogP contribution is 2.38. The summed E-state index contributed by atoms with van der Waals surface area (Å²) in [6.07, 6.45) is 4.81. The topological polar surface area (TPSA) is 87.8 Å².